The molecule has 1 aromatic rings. The van der Waals surface area contributed by atoms with E-state index in [-0.39, 0.29) is 18.4 Å². The summed E-state index contributed by atoms with van der Waals surface area (Å²) in [4.78, 5) is 11.6. The van der Waals surface area contributed by atoms with Crippen molar-refractivity contribution >= 4 is 34.3 Å². The zero-order valence-electron chi connectivity index (χ0n) is 10.1. The molecule has 0 bridgehead atoms. The molecule has 0 aliphatic heterocycles. The highest BCUT2D eigenvalue weighted by atomic mass is 79.9. The van der Waals surface area contributed by atoms with E-state index < -0.39 is 11.5 Å². The molecule has 2 N–H and O–H groups in total. The summed E-state index contributed by atoms with van der Waals surface area (Å²) in [5.74, 6) is -0.309. The van der Waals surface area contributed by atoms with Crippen LogP contribution in [0.25, 0.3) is 0 Å². The zero-order chi connectivity index (χ0) is 12.3. The van der Waals surface area contributed by atoms with Crippen molar-refractivity contribution in [1.29, 1.82) is 0 Å². The topological polar surface area (TPSA) is 52.3 Å². The molecular weight excluding hydrogens is 305 g/mol. The molecule has 0 radical (unpaired) electrons. The van der Waals surface area contributed by atoms with Gasteiger partial charge in [-0.25, -0.2) is 0 Å². The number of ether oxygens (including phenoxy) is 1. The summed E-state index contributed by atoms with van der Waals surface area (Å²) in [6.45, 7) is 3.56. The molecule has 0 aliphatic rings. The number of methoxy groups -OCH3 is 1. The van der Waals surface area contributed by atoms with Crippen molar-refractivity contribution in [3.05, 3.63) is 34.3 Å². The third-order valence-corrected chi connectivity index (χ3v) is 3.45. The van der Waals surface area contributed by atoms with Crippen molar-refractivity contribution in [2.24, 2.45) is 11.1 Å². The maximum absolute atomic E-state index is 11.6. The molecule has 1 aromatic carbocycles. The average Bonchev–Trinajstić information content (AvgIpc) is 2.27. The van der Waals surface area contributed by atoms with Gasteiger partial charge >= 0.3 is 5.97 Å². The number of carbonyl (C=O) groups excluding carboxylic acids is 1. The molecule has 1 rings (SSSR count). The molecule has 5 heteroatoms. The number of carbonyl (C=O) groups is 1. The molecule has 1 atom stereocenters. The maximum atomic E-state index is 11.6. The van der Waals surface area contributed by atoms with Gasteiger partial charge in [0.2, 0.25) is 0 Å². The van der Waals surface area contributed by atoms with Crippen LogP contribution in [-0.2, 0) is 9.53 Å². The van der Waals surface area contributed by atoms with Gasteiger partial charge in [-0.05, 0) is 25.5 Å². The lowest BCUT2D eigenvalue weighted by molar-refractivity contribution is -0.152. The lowest BCUT2D eigenvalue weighted by Gasteiger charge is -2.29. The fourth-order valence-corrected chi connectivity index (χ4v) is 2.04. The summed E-state index contributed by atoms with van der Waals surface area (Å²) in [5.41, 5.74) is 6.27. The summed E-state index contributed by atoms with van der Waals surface area (Å²) in [6, 6.07) is 7.20. The predicted octanol–water partition coefficient (Wildman–Crippen LogP) is 3.07. The van der Waals surface area contributed by atoms with Crippen LogP contribution < -0.4 is 5.73 Å². The van der Waals surface area contributed by atoms with Crippen LogP contribution in [0.3, 0.4) is 0 Å². The van der Waals surface area contributed by atoms with Gasteiger partial charge in [0, 0.05) is 10.5 Å². The third kappa shape index (κ3) is 3.44. The highest BCUT2D eigenvalue weighted by Crippen LogP contribution is 2.35. The van der Waals surface area contributed by atoms with Crippen molar-refractivity contribution in [1.82, 2.24) is 0 Å². The van der Waals surface area contributed by atoms with E-state index >= 15 is 0 Å². The molecule has 0 heterocycles. The second-order valence-electron chi connectivity index (χ2n) is 4.21. The van der Waals surface area contributed by atoms with Crippen LogP contribution in [0.5, 0.6) is 0 Å². The van der Waals surface area contributed by atoms with Gasteiger partial charge in [0.25, 0.3) is 0 Å². The van der Waals surface area contributed by atoms with Gasteiger partial charge in [0.1, 0.15) is 0 Å². The Morgan fingerprint density at radius 2 is 1.94 bits per heavy atom. The molecule has 0 aliphatic carbocycles. The monoisotopic (exact) mass is 321 g/mol. The van der Waals surface area contributed by atoms with E-state index in [2.05, 4.69) is 15.9 Å². The summed E-state index contributed by atoms with van der Waals surface area (Å²) < 4.78 is 5.67. The van der Waals surface area contributed by atoms with E-state index in [4.69, 9.17) is 10.5 Å². The largest absolute Gasteiger partial charge is 0.469 e. The van der Waals surface area contributed by atoms with E-state index in [0.29, 0.717) is 0 Å². The first-order valence-corrected chi connectivity index (χ1v) is 5.79. The number of hydrogen-bond donors (Lipinski definition) is 1. The predicted molar refractivity (Wildman–Crippen MR) is 74.1 cm³/mol. The Bertz CT molecular complexity index is 396. The van der Waals surface area contributed by atoms with Gasteiger partial charge in [-0.3, -0.25) is 4.79 Å². The molecular formula is C12H17BrClNO2. The Balaban J connectivity index is 0.00000256. The Labute approximate surface area is 116 Å². The molecule has 0 saturated carbocycles. The van der Waals surface area contributed by atoms with Gasteiger partial charge in [0.05, 0.1) is 12.5 Å². The van der Waals surface area contributed by atoms with Crippen molar-refractivity contribution in [3.63, 3.8) is 0 Å². The Kier molecular flexibility index (Phi) is 6.16. The highest BCUT2D eigenvalue weighted by Gasteiger charge is 2.37. The molecule has 0 fully saturated rings. The van der Waals surface area contributed by atoms with Crippen molar-refractivity contribution in [3.8, 4) is 0 Å². The zero-order valence-corrected chi connectivity index (χ0v) is 12.5. The van der Waals surface area contributed by atoms with E-state index in [0.717, 1.165) is 10.0 Å². The molecule has 17 heavy (non-hydrogen) atoms. The fraction of sp³-hybridized carbons (Fsp3) is 0.417. The second kappa shape index (κ2) is 6.38. The van der Waals surface area contributed by atoms with Crippen LogP contribution in [0.15, 0.2) is 28.7 Å². The first-order chi connectivity index (χ1) is 7.41. The normalized spacial score (nSPS) is 12.5. The van der Waals surface area contributed by atoms with Crippen LogP contribution >= 0.6 is 28.3 Å². The highest BCUT2D eigenvalue weighted by molar-refractivity contribution is 9.10. The van der Waals surface area contributed by atoms with E-state index in [1.54, 1.807) is 13.8 Å². The van der Waals surface area contributed by atoms with Gasteiger partial charge in [-0.2, -0.15) is 0 Å². The lowest BCUT2D eigenvalue weighted by Crippen LogP contribution is -2.37. The number of esters is 1. The summed E-state index contributed by atoms with van der Waals surface area (Å²) >= 11 is 3.43. The van der Waals surface area contributed by atoms with Crippen LogP contribution in [0.4, 0.5) is 0 Å². The molecule has 96 valence electrons. The Morgan fingerprint density at radius 3 is 2.41 bits per heavy atom. The number of nitrogens with two attached hydrogens (primary N) is 1. The summed E-state index contributed by atoms with van der Waals surface area (Å²) in [5, 5.41) is 0. The van der Waals surface area contributed by atoms with E-state index in [1.165, 1.54) is 7.11 Å². The first kappa shape index (κ1) is 16.4. The Hall–Kier alpha value is -0.580. The second-order valence-corrected chi connectivity index (χ2v) is 5.07. The minimum atomic E-state index is -0.751. The van der Waals surface area contributed by atoms with Gasteiger partial charge in [0.15, 0.2) is 0 Å². The van der Waals surface area contributed by atoms with Crippen LogP contribution in [0.1, 0.15) is 25.5 Å². The number of hydrogen-bond acceptors (Lipinski definition) is 3. The van der Waals surface area contributed by atoms with Crippen LogP contribution in [-0.4, -0.2) is 13.1 Å². The lowest BCUT2D eigenvalue weighted by atomic mass is 9.81. The molecule has 3 nitrogen and oxygen atoms in total. The standard InChI is InChI=1S/C12H16BrNO2.ClH/c1-12(2,11(15)16-3)10(14)8-6-4-5-7-9(8)13;/h4-7,10H,14H2,1-3H3;1H/t10-;/m1./s1. The average molecular weight is 323 g/mol. The minimum absolute atomic E-state index is 0. The van der Waals surface area contributed by atoms with Crippen LogP contribution in [0.2, 0.25) is 0 Å². The first-order valence-electron chi connectivity index (χ1n) is 4.99. The van der Waals surface area contributed by atoms with E-state index in [9.17, 15) is 4.79 Å². The SMILES string of the molecule is COC(=O)C(C)(C)[C@H](N)c1ccccc1Br.Cl. The third-order valence-electron chi connectivity index (χ3n) is 2.73. The van der Waals surface area contributed by atoms with Gasteiger partial charge in [-0.15, -0.1) is 12.4 Å². The molecule has 0 unspecified atom stereocenters. The minimum Gasteiger partial charge on any atom is -0.469 e. The Morgan fingerprint density at radius 1 is 1.41 bits per heavy atom. The van der Waals surface area contributed by atoms with Crippen LogP contribution in [0, 0.1) is 5.41 Å². The number of benzene rings is 1. The quantitative estimate of drug-likeness (QED) is 0.870. The van der Waals surface area contributed by atoms with Crippen molar-refractivity contribution in [2.75, 3.05) is 7.11 Å². The maximum Gasteiger partial charge on any atom is 0.313 e. The molecule has 0 spiro atoms. The number of rotatable bonds is 3. The van der Waals surface area contributed by atoms with Crippen molar-refractivity contribution < 1.29 is 9.53 Å². The fourth-order valence-electron chi connectivity index (χ4n) is 1.51. The van der Waals surface area contributed by atoms with Crippen molar-refractivity contribution in [2.45, 2.75) is 19.9 Å². The van der Waals surface area contributed by atoms with Gasteiger partial charge < -0.3 is 10.5 Å². The molecule has 0 aromatic heterocycles. The number of halogens is 2. The van der Waals surface area contributed by atoms with Gasteiger partial charge in [-0.1, -0.05) is 34.1 Å². The summed E-state index contributed by atoms with van der Waals surface area (Å²) in [6.07, 6.45) is 0. The molecule has 0 saturated heterocycles. The molecule has 0 amide bonds. The smallest absolute Gasteiger partial charge is 0.313 e. The van der Waals surface area contributed by atoms with E-state index in [1.807, 2.05) is 24.3 Å². The summed E-state index contributed by atoms with van der Waals surface area (Å²) in [7, 11) is 1.37.